The molecule has 0 aliphatic heterocycles. The van der Waals surface area contributed by atoms with Gasteiger partial charge in [-0.2, -0.15) is 0 Å². The molecule has 0 saturated carbocycles. The number of halogens is 2. The predicted octanol–water partition coefficient (Wildman–Crippen LogP) is 2.53. The van der Waals surface area contributed by atoms with Gasteiger partial charge in [0, 0.05) is 5.41 Å². The van der Waals surface area contributed by atoms with Crippen molar-refractivity contribution >= 4 is 23.2 Å². The topological polar surface area (TPSA) is 40.5 Å². The molecule has 0 atom stereocenters. The molecule has 84 valence electrons. The highest BCUT2D eigenvalue weighted by molar-refractivity contribution is 6.42. The van der Waals surface area contributed by atoms with Gasteiger partial charge in [-0.1, -0.05) is 36.2 Å². The summed E-state index contributed by atoms with van der Waals surface area (Å²) < 4.78 is 0. The summed E-state index contributed by atoms with van der Waals surface area (Å²) in [5.74, 6) is 0. The molecular weight excluding hydrogens is 235 g/mol. The molecule has 1 rings (SSSR count). The fourth-order valence-electron chi connectivity index (χ4n) is 1.30. The van der Waals surface area contributed by atoms with E-state index in [1.807, 2.05) is 13.0 Å². The van der Waals surface area contributed by atoms with Crippen LogP contribution in [0.2, 0.25) is 10.0 Å². The summed E-state index contributed by atoms with van der Waals surface area (Å²) in [4.78, 5) is 0. The smallest absolute Gasteiger partial charge is 0.0595 e. The zero-order valence-electron chi connectivity index (χ0n) is 8.50. The van der Waals surface area contributed by atoms with Gasteiger partial charge in [0.1, 0.15) is 0 Å². The molecule has 0 amide bonds. The molecule has 2 nitrogen and oxygen atoms in total. The van der Waals surface area contributed by atoms with Gasteiger partial charge in [0.05, 0.1) is 23.3 Å². The number of hydrogen-bond donors (Lipinski definition) is 2. The first-order valence-electron chi connectivity index (χ1n) is 4.66. The molecule has 0 heterocycles. The van der Waals surface area contributed by atoms with Gasteiger partial charge in [-0.05, 0) is 24.1 Å². The van der Waals surface area contributed by atoms with E-state index in [9.17, 15) is 0 Å². The number of benzene rings is 1. The Kier molecular flexibility index (Phi) is 4.41. The molecule has 15 heavy (non-hydrogen) atoms. The lowest BCUT2D eigenvalue weighted by atomic mass is 9.85. The third-order valence-electron chi connectivity index (χ3n) is 2.38. The first-order chi connectivity index (χ1) is 7.00. The van der Waals surface area contributed by atoms with Crippen molar-refractivity contribution in [2.24, 2.45) is 5.41 Å². The second-order valence-electron chi connectivity index (χ2n) is 4.05. The third-order valence-corrected chi connectivity index (χ3v) is 3.12. The van der Waals surface area contributed by atoms with Crippen molar-refractivity contribution in [3.05, 3.63) is 33.8 Å². The Labute approximate surface area is 99.5 Å². The van der Waals surface area contributed by atoms with Gasteiger partial charge in [-0.3, -0.25) is 0 Å². The van der Waals surface area contributed by atoms with Crippen LogP contribution in [0.25, 0.3) is 0 Å². The van der Waals surface area contributed by atoms with Crippen LogP contribution >= 0.6 is 23.2 Å². The van der Waals surface area contributed by atoms with Crippen LogP contribution in [0.1, 0.15) is 12.5 Å². The molecule has 4 heteroatoms. The maximum absolute atomic E-state index is 9.15. The minimum Gasteiger partial charge on any atom is -0.396 e. The highest BCUT2D eigenvalue weighted by Crippen LogP contribution is 2.27. The van der Waals surface area contributed by atoms with E-state index in [1.165, 1.54) is 0 Å². The van der Waals surface area contributed by atoms with Gasteiger partial charge in [0.15, 0.2) is 0 Å². The SMILES string of the molecule is CC(CO)(CO)Cc1ccc(Cl)c(Cl)c1. The Hall–Kier alpha value is -0.280. The minimum atomic E-state index is -0.517. The van der Waals surface area contributed by atoms with E-state index >= 15 is 0 Å². The lowest BCUT2D eigenvalue weighted by molar-refractivity contribution is 0.0704. The highest BCUT2D eigenvalue weighted by Gasteiger charge is 2.22. The van der Waals surface area contributed by atoms with Crippen molar-refractivity contribution in [3.8, 4) is 0 Å². The van der Waals surface area contributed by atoms with Gasteiger partial charge in [0.25, 0.3) is 0 Å². The number of aliphatic hydroxyl groups is 2. The Bertz CT molecular complexity index is 335. The van der Waals surface area contributed by atoms with Crippen molar-refractivity contribution < 1.29 is 10.2 Å². The first kappa shape index (κ1) is 12.8. The van der Waals surface area contributed by atoms with Crippen LogP contribution in [0.3, 0.4) is 0 Å². The van der Waals surface area contributed by atoms with Crippen LogP contribution in [0.15, 0.2) is 18.2 Å². The predicted molar refractivity (Wildman–Crippen MR) is 62.4 cm³/mol. The molecule has 0 aliphatic carbocycles. The van der Waals surface area contributed by atoms with E-state index in [2.05, 4.69) is 0 Å². The molecule has 0 fully saturated rings. The highest BCUT2D eigenvalue weighted by atomic mass is 35.5. The number of hydrogen-bond acceptors (Lipinski definition) is 2. The number of rotatable bonds is 4. The Morgan fingerprint density at radius 1 is 1.13 bits per heavy atom. The van der Waals surface area contributed by atoms with Gasteiger partial charge < -0.3 is 10.2 Å². The minimum absolute atomic E-state index is 0.0657. The Balaban J connectivity index is 2.85. The fraction of sp³-hybridized carbons (Fsp3) is 0.455. The normalized spacial score (nSPS) is 11.8. The summed E-state index contributed by atoms with van der Waals surface area (Å²) in [5.41, 5.74) is 0.437. The van der Waals surface area contributed by atoms with Gasteiger partial charge in [-0.15, -0.1) is 0 Å². The van der Waals surface area contributed by atoms with E-state index in [1.54, 1.807) is 12.1 Å². The molecule has 0 bridgehead atoms. The van der Waals surface area contributed by atoms with Gasteiger partial charge in [-0.25, -0.2) is 0 Å². The van der Waals surface area contributed by atoms with Crippen LogP contribution in [0, 0.1) is 5.41 Å². The van der Waals surface area contributed by atoms with Crippen LogP contribution < -0.4 is 0 Å². The summed E-state index contributed by atoms with van der Waals surface area (Å²) in [6.45, 7) is 1.68. The molecule has 0 saturated heterocycles. The molecule has 0 aromatic heterocycles. The Morgan fingerprint density at radius 2 is 1.73 bits per heavy atom. The molecule has 0 unspecified atom stereocenters. The van der Waals surface area contributed by atoms with E-state index in [0.29, 0.717) is 16.5 Å². The zero-order chi connectivity index (χ0) is 11.5. The molecular formula is C11H14Cl2O2. The average molecular weight is 249 g/mol. The quantitative estimate of drug-likeness (QED) is 0.860. The van der Waals surface area contributed by atoms with Crippen molar-refractivity contribution in [2.75, 3.05) is 13.2 Å². The lowest BCUT2D eigenvalue weighted by Crippen LogP contribution is -2.28. The summed E-state index contributed by atoms with van der Waals surface area (Å²) in [7, 11) is 0. The van der Waals surface area contributed by atoms with Crippen molar-refractivity contribution in [2.45, 2.75) is 13.3 Å². The van der Waals surface area contributed by atoms with Crippen LogP contribution in [-0.2, 0) is 6.42 Å². The van der Waals surface area contributed by atoms with E-state index < -0.39 is 5.41 Å². The summed E-state index contributed by atoms with van der Waals surface area (Å²) >= 11 is 11.7. The molecule has 0 spiro atoms. The number of aliphatic hydroxyl groups excluding tert-OH is 2. The van der Waals surface area contributed by atoms with Crippen molar-refractivity contribution in [3.63, 3.8) is 0 Å². The zero-order valence-corrected chi connectivity index (χ0v) is 10.0. The van der Waals surface area contributed by atoms with E-state index in [4.69, 9.17) is 33.4 Å². The molecule has 0 radical (unpaired) electrons. The largest absolute Gasteiger partial charge is 0.396 e. The second-order valence-corrected chi connectivity index (χ2v) is 4.87. The fourth-order valence-corrected chi connectivity index (χ4v) is 1.62. The Morgan fingerprint density at radius 3 is 2.20 bits per heavy atom. The summed E-state index contributed by atoms with van der Waals surface area (Å²) in [6, 6.07) is 5.32. The van der Waals surface area contributed by atoms with Crippen LogP contribution in [0.4, 0.5) is 0 Å². The van der Waals surface area contributed by atoms with E-state index in [0.717, 1.165) is 5.56 Å². The third kappa shape index (κ3) is 3.35. The molecule has 0 aliphatic rings. The summed E-state index contributed by atoms with van der Waals surface area (Å²) in [6.07, 6.45) is 0.566. The second kappa shape index (κ2) is 5.17. The van der Waals surface area contributed by atoms with Gasteiger partial charge in [0.2, 0.25) is 0 Å². The average Bonchev–Trinajstić information content (AvgIpc) is 2.23. The molecule has 2 N–H and O–H groups in total. The van der Waals surface area contributed by atoms with E-state index in [-0.39, 0.29) is 13.2 Å². The van der Waals surface area contributed by atoms with Crippen LogP contribution in [-0.4, -0.2) is 23.4 Å². The standard InChI is InChI=1S/C11H14Cl2O2/c1-11(6-14,7-15)5-8-2-3-9(12)10(13)4-8/h2-4,14-15H,5-7H2,1H3. The molecule has 1 aromatic carbocycles. The maximum atomic E-state index is 9.15. The lowest BCUT2D eigenvalue weighted by Gasteiger charge is -2.24. The van der Waals surface area contributed by atoms with Crippen molar-refractivity contribution in [1.82, 2.24) is 0 Å². The maximum Gasteiger partial charge on any atom is 0.0595 e. The van der Waals surface area contributed by atoms with Crippen LogP contribution in [0.5, 0.6) is 0 Å². The first-order valence-corrected chi connectivity index (χ1v) is 5.42. The monoisotopic (exact) mass is 248 g/mol. The summed E-state index contributed by atoms with van der Waals surface area (Å²) in [5, 5.41) is 19.3. The van der Waals surface area contributed by atoms with Gasteiger partial charge >= 0.3 is 0 Å². The molecule has 1 aromatic rings. The van der Waals surface area contributed by atoms with Crippen molar-refractivity contribution in [1.29, 1.82) is 0 Å².